The summed E-state index contributed by atoms with van der Waals surface area (Å²) >= 11 is 11.8. The third kappa shape index (κ3) is 5.54. The zero-order valence-corrected chi connectivity index (χ0v) is 15.8. The number of nitrogens with one attached hydrogen (secondary N) is 2. The van der Waals surface area contributed by atoms with Crippen molar-refractivity contribution in [3.05, 3.63) is 52.0 Å². The van der Waals surface area contributed by atoms with E-state index in [1.54, 1.807) is 24.3 Å². The maximum atomic E-state index is 12.1. The minimum absolute atomic E-state index is 0.307. The molecule has 8 heteroatoms. The number of halogens is 2. The van der Waals surface area contributed by atoms with Gasteiger partial charge < -0.3 is 20.1 Å². The summed E-state index contributed by atoms with van der Waals surface area (Å²) in [5.41, 5.74) is 1.25. The van der Waals surface area contributed by atoms with E-state index in [4.69, 9.17) is 32.7 Å². The molecule has 2 aromatic carbocycles. The number of methoxy groups -OCH3 is 2. The van der Waals surface area contributed by atoms with Gasteiger partial charge in [-0.2, -0.15) is 0 Å². The Bertz CT molecular complexity index is 795. The van der Waals surface area contributed by atoms with Crippen LogP contribution in [0.2, 0.25) is 10.0 Å². The van der Waals surface area contributed by atoms with Crippen molar-refractivity contribution in [2.24, 2.45) is 0 Å². The number of ether oxygens (including phenoxy) is 2. The van der Waals surface area contributed by atoms with E-state index in [9.17, 15) is 9.59 Å². The zero-order chi connectivity index (χ0) is 19.1. The van der Waals surface area contributed by atoms with Crippen molar-refractivity contribution >= 4 is 40.7 Å². The Balaban J connectivity index is 1.93. The first-order chi connectivity index (χ1) is 12.4. The fourth-order valence-corrected chi connectivity index (χ4v) is 2.52. The SMILES string of the molecule is COc1cc(NC(=O)CC(=O)NCc2ccc(Cl)cc2)c(OC)cc1Cl. The Labute approximate surface area is 161 Å². The number of hydrogen-bond acceptors (Lipinski definition) is 4. The Kier molecular flexibility index (Phi) is 7.12. The molecule has 6 nitrogen and oxygen atoms in total. The molecule has 138 valence electrons. The Morgan fingerprint density at radius 3 is 2.23 bits per heavy atom. The highest BCUT2D eigenvalue weighted by atomic mass is 35.5. The van der Waals surface area contributed by atoms with Crippen molar-refractivity contribution < 1.29 is 19.1 Å². The zero-order valence-electron chi connectivity index (χ0n) is 14.3. The minimum Gasteiger partial charge on any atom is -0.495 e. The van der Waals surface area contributed by atoms with Crippen molar-refractivity contribution in [2.45, 2.75) is 13.0 Å². The highest BCUT2D eigenvalue weighted by molar-refractivity contribution is 6.32. The lowest BCUT2D eigenvalue weighted by Gasteiger charge is -2.13. The quantitative estimate of drug-likeness (QED) is 0.700. The summed E-state index contributed by atoms with van der Waals surface area (Å²) in [4.78, 5) is 24.1. The molecule has 0 unspecified atom stereocenters. The molecule has 0 saturated heterocycles. The molecule has 0 aliphatic heterocycles. The van der Waals surface area contributed by atoms with Gasteiger partial charge >= 0.3 is 0 Å². The Morgan fingerprint density at radius 1 is 0.962 bits per heavy atom. The summed E-state index contributed by atoms with van der Waals surface area (Å²) in [5, 5.41) is 6.26. The van der Waals surface area contributed by atoms with Crippen LogP contribution in [0.5, 0.6) is 11.5 Å². The lowest BCUT2D eigenvalue weighted by molar-refractivity contribution is -0.126. The summed E-state index contributed by atoms with van der Waals surface area (Å²) in [6.07, 6.45) is -0.332. The molecule has 0 aliphatic carbocycles. The van der Waals surface area contributed by atoms with Crippen LogP contribution in [0.25, 0.3) is 0 Å². The van der Waals surface area contributed by atoms with E-state index in [1.807, 2.05) is 0 Å². The lowest BCUT2D eigenvalue weighted by Crippen LogP contribution is -2.27. The number of hydrogen-bond donors (Lipinski definition) is 2. The second kappa shape index (κ2) is 9.31. The van der Waals surface area contributed by atoms with E-state index in [0.29, 0.717) is 33.8 Å². The van der Waals surface area contributed by atoms with E-state index < -0.39 is 11.8 Å². The van der Waals surface area contributed by atoms with Gasteiger partial charge in [0.2, 0.25) is 11.8 Å². The largest absolute Gasteiger partial charge is 0.495 e. The van der Waals surface area contributed by atoms with Crippen LogP contribution in [0.4, 0.5) is 5.69 Å². The van der Waals surface area contributed by atoms with E-state index in [0.717, 1.165) is 5.56 Å². The number of carbonyl (C=O) groups excluding carboxylic acids is 2. The van der Waals surface area contributed by atoms with Gasteiger partial charge in [0.05, 0.1) is 24.9 Å². The highest BCUT2D eigenvalue weighted by Gasteiger charge is 2.15. The smallest absolute Gasteiger partial charge is 0.233 e. The normalized spacial score (nSPS) is 10.2. The van der Waals surface area contributed by atoms with Crippen LogP contribution in [0, 0.1) is 0 Å². The Morgan fingerprint density at radius 2 is 1.62 bits per heavy atom. The molecule has 0 aromatic heterocycles. The van der Waals surface area contributed by atoms with Gasteiger partial charge in [-0.15, -0.1) is 0 Å². The second-order valence-electron chi connectivity index (χ2n) is 5.32. The summed E-state index contributed by atoms with van der Waals surface area (Å²) in [6.45, 7) is 0.307. The first-order valence-corrected chi connectivity index (χ1v) is 8.41. The molecular formula is C18H18Cl2N2O4. The Hall–Kier alpha value is -2.44. The van der Waals surface area contributed by atoms with Gasteiger partial charge in [0, 0.05) is 23.7 Å². The second-order valence-corrected chi connectivity index (χ2v) is 6.16. The van der Waals surface area contributed by atoms with Crippen LogP contribution in [0.15, 0.2) is 36.4 Å². The highest BCUT2D eigenvalue weighted by Crippen LogP contribution is 2.35. The first-order valence-electron chi connectivity index (χ1n) is 7.65. The van der Waals surface area contributed by atoms with Crippen molar-refractivity contribution in [3.63, 3.8) is 0 Å². The molecule has 0 atom stereocenters. The van der Waals surface area contributed by atoms with Crippen molar-refractivity contribution in [1.29, 1.82) is 0 Å². The van der Waals surface area contributed by atoms with Crippen LogP contribution in [0.3, 0.4) is 0 Å². The molecule has 0 aliphatic rings. The van der Waals surface area contributed by atoms with E-state index in [-0.39, 0.29) is 6.42 Å². The maximum absolute atomic E-state index is 12.1. The van der Waals surface area contributed by atoms with Crippen LogP contribution in [-0.4, -0.2) is 26.0 Å². The van der Waals surface area contributed by atoms with Crippen LogP contribution >= 0.6 is 23.2 Å². The number of carbonyl (C=O) groups is 2. The average molecular weight is 397 g/mol. The topological polar surface area (TPSA) is 76.7 Å². The minimum atomic E-state index is -0.485. The standard InChI is InChI=1S/C18H18Cl2N2O4/c1-25-15-8-14(16(26-2)7-13(15)20)22-18(24)9-17(23)21-10-11-3-5-12(19)6-4-11/h3-8H,9-10H2,1-2H3,(H,21,23)(H,22,24). The van der Waals surface area contributed by atoms with Gasteiger partial charge in [-0.25, -0.2) is 0 Å². The van der Waals surface area contributed by atoms with Crippen molar-refractivity contribution in [2.75, 3.05) is 19.5 Å². The third-order valence-corrected chi connectivity index (χ3v) is 4.02. The third-order valence-electron chi connectivity index (χ3n) is 3.47. The molecule has 0 radical (unpaired) electrons. The summed E-state index contributed by atoms with van der Waals surface area (Å²) in [6, 6.07) is 10.1. The molecule has 0 heterocycles. The number of amides is 2. The van der Waals surface area contributed by atoms with E-state index in [1.165, 1.54) is 26.4 Å². The van der Waals surface area contributed by atoms with Gasteiger partial charge in [-0.05, 0) is 17.7 Å². The van der Waals surface area contributed by atoms with E-state index >= 15 is 0 Å². The fraction of sp³-hybridized carbons (Fsp3) is 0.222. The van der Waals surface area contributed by atoms with E-state index in [2.05, 4.69) is 10.6 Å². The van der Waals surface area contributed by atoms with Crippen molar-refractivity contribution in [1.82, 2.24) is 5.32 Å². The summed E-state index contributed by atoms with van der Waals surface area (Å²) < 4.78 is 10.3. The predicted octanol–water partition coefficient (Wildman–Crippen LogP) is 3.66. The molecule has 2 amide bonds. The molecule has 26 heavy (non-hydrogen) atoms. The molecule has 2 N–H and O–H groups in total. The molecular weight excluding hydrogens is 379 g/mol. The fourth-order valence-electron chi connectivity index (χ4n) is 2.16. The molecule has 0 saturated carbocycles. The maximum Gasteiger partial charge on any atom is 0.233 e. The molecule has 2 aromatic rings. The van der Waals surface area contributed by atoms with Gasteiger partial charge in [0.25, 0.3) is 0 Å². The van der Waals surface area contributed by atoms with Gasteiger partial charge in [-0.1, -0.05) is 35.3 Å². The number of benzene rings is 2. The first kappa shape index (κ1) is 19.9. The molecule has 0 bridgehead atoms. The van der Waals surface area contributed by atoms with Gasteiger partial charge in [-0.3, -0.25) is 9.59 Å². The average Bonchev–Trinajstić information content (AvgIpc) is 2.62. The van der Waals surface area contributed by atoms with Gasteiger partial charge in [0.15, 0.2) is 0 Å². The molecule has 2 rings (SSSR count). The van der Waals surface area contributed by atoms with Crippen LogP contribution in [0.1, 0.15) is 12.0 Å². The number of anilines is 1. The summed E-state index contributed by atoms with van der Waals surface area (Å²) in [5.74, 6) is -0.140. The van der Waals surface area contributed by atoms with Gasteiger partial charge in [0.1, 0.15) is 17.9 Å². The monoisotopic (exact) mass is 396 g/mol. The van der Waals surface area contributed by atoms with Crippen LogP contribution in [-0.2, 0) is 16.1 Å². The van der Waals surface area contributed by atoms with Crippen LogP contribution < -0.4 is 20.1 Å². The molecule has 0 fully saturated rings. The number of rotatable bonds is 7. The predicted molar refractivity (Wildman–Crippen MR) is 101 cm³/mol. The summed E-state index contributed by atoms with van der Waals surface area (Å²) in [7, 11) is 2.91. The molecule has 0 spiro atoms. The lowest BCUT2D eigenvalue weighted by atomic mass is 10.2. The van der Waals surface area contributed by atoms with Crippen molar-refractivity contribution in [3.8, 4) is 11.5 Å².